The highest BCUT2D eigenvalue weighted by molar-refractivity contribution is 5.91. The lowest BCUT2D eigenvalue weighted by atomic mass is 10.6. The van der Waals surface area contributed by atoms with Crippen LogP contribution in [0.25, 0.3) is 0 Å². The molecule has 0 fully saturated rings. The van der Waals surface area contributed by atoms with Crippen LogP contribution in [0.4, 0.5) is 0 Å². The molecule has 1 unspecified atom stereocenters. The van der Waals surface area contributed by atoms with Gasteiger partial charge in [0.2, 0.25) is 11.8 Å². The molecule has 0 aliphatic carbocycles. The van der Waals surface area contributed by atoms with Gasteiger partial charge in [-0.15, -0.1) is 0 Å². The van der Waals surface area contributed by atoms with Crippen LogP contribution in [0.3, 0.4) is 0 Å². The molecule has 0 heterocycles. The quantitative estimate of drug-likeness (QED) is 0.444. The van der Waals surface area contributed by atoms with Gasteiger partial charge in [0.05, 0.1) is 0 Å². The Morgan fingerprint density at radius 2 is 1.73 bits per heavy atom. The Hall–Kier alpha value is -0.940. The SMILES string of the molecule is CC(=O)N(OC(C)O)C(C)=O. The Kier molecular flexibility index (Phi) is 3.70. The van der Waals surface area contributed by atoms with Crippen LogP contribution < -0.4 is 0 Å². The molecule has 0 aromatic rings. The second-order valence-electron chi connectivity index (χ2n) is 2.04. The summed E-state index contributed by atoms with van der Waals surface area (Å²) in [6, 6.07) is 0. The Balaban J connectivity index is 4.12. The zero-order chi connectivity index (χ0) is 9.02. The molecule has 5 heteroatoms. The van der Waals surface area contributed by atoms with Crippen molar-refractivity contribution in [2.24, 2.45) is 0 Å². The van der Waals surface area contributed by atoms with Crippen LogP contribution in [0.2, 0.25) is 0 Å². The summed E-state index contributed by atoms with van der Waals surface area (Å²) in [5.74, 6) is -1.11. The topological polar surface area (TPSA) is 66.8 Å². The van der Waals surface area contributed by atoms with Crippen LogP contribution in [-0.4, -0.2) is 28.3 Å². The maximum Gasteiger partial charge on any atom is 0.250 e. The summed E-state index contributed by atoms with van der Waals surface area (Å²) >= 11 is 0. The van der Waals surface area contributed by atoms with Gasteiger partial charge < -0.3 is 5.11 Å². The normalized spacial score (nSPS) is 12.4. The molecule has 0 aliphatic heterocycles. The van der Waals surface area contributed by atoms with E-state index in [9.17, 15) is 9.59 Å². The number of carbonyl (C=O) groups is 2. The Morgan fingerprint density at radius 1 is 1.36 bits per heavy atom. The molecule has 0 rings (SSSR count). The van der Waals surface area contributed by atoms with Gasteiger partial charge in [-0.1, -0.05) is 0 Å². The molecule has 0 aromatic heterocycles. The van der Waals surface area contributed by atoms with Gasteiger partial charge in [0, 0.05) is 13.8 Å². The number of amides is 2. The van der Waals surface area contributed by atoms with Crippen LogP contribution in [0.1, 0.15) is 20.8 Å². The van der Waals surface area contributed by atoms with E-state index in [-0.39, 0.29) is 0 Å². The molecule has 11 heavy (non-hydrogen) atoms. The van der Waals surface area contributed by atoms with Crippen molar-refractivity contribution in [1.29, 1.82) is 0 Å². The Labute approximate surface area is 64.5 Å². The fourth-order valence-corrected chi connectivity index (χ4v) is 0.523. The van der Waals surface area contributed by atoms with Crippen molar-refractivity contribution in [2.75, 3.05) is 0 Å². The fraction of sp³-hybridized carbons (Fsp3) is 0.667. The molecule has 0 saturated heterocycles. The number of hydrogen-bond donors (Lipinski definition) is 1. The van der Waals surface area contributed by atoms with Gasteiger partial charge in [-0.05, 0) is 6.92 Å². The number of hydroxylamine groups is 2. The minimum absolute atomic E-state index is 0.505. The first-order valence-corrected chi connectivity index (χ1v) is 3.11. The smallest absolute Gasteiger partial charge is 0.250 e. The predicted molar refractivity (Wildman–Crippen MR) is 36.0 cm³/mol. The summed E-state index contributed by atoms with van der Waals surface area (Å²) in [4.78, 5) is 25.6. The Bertz CT molecular complexity index is 152. The molecule has 64 valence electrons. The molecule has 1 N–H and O–H groups in total. The molecule has 0 bridgehead atoms. The summed E-state index contributed by atoms with van der Waals surface area (Å²) in [5.41, 5.74) is 0. The maximum absolute atomic E-state index is 10.6. The van der Waals surface area contributed by atoms with Gasteiger partial charge in [0.1, 0.15) is 0 Å². The van der Waals surface area contributed by atoms with Crippen LogP contribution >= 0.6 is 0 Å². The van der Waals surface area contributed by atoms with Gasteiger partial charge in [-0.25, -0.2) is 4.84 Å². The number of carbonyl (C=O) groups excluding carboxylic acids is 2. The van der Waals surface area contributed by atoms with Crippen molar-refractivity contribution in [3.05, 3.63) is 0 Å². The van der Waals surface area contributed by atoms with Crippen LogP contribution in [0.5, 0.6) is 0 Å². The van der Waals surface area contributed by atoms with E-state index >= 15 is 0 Å². The van der Waals surface area contributed by atoms with Gasteiger partial charge in [-0.3, -0.25) is 9.59 Å². The third-order valence-corrected chi connectivity index (χ3v) is 0.830. The van der Waals surface area contributed by atoms with E-state index in [1.54, 1.807) is 0 Å². The van der Waals surface area contributed by atoms with Crippen LogP contribution in [-0.2, 0) is 14.4 Å². The highest BCUT2D eigenvalue weighted by Gasteiger charge is 2.16. The van der Waals surface area contributed by atoms with Gasteiger partial charge in [0.15, 0.2) is 6.29 Å². The van der Waals surface area contributed by atoms with Gasteiger partial charge in [0.25, 0.3) is 0 Å². The number of rotatable bonds is 2. The highest BCUT2D eigenvalue weighted by atomic mass is 16.8. The molecule has 0 spiro atoms. The van der Waals surface area contributed by atoms with Crippen molar-refractivity contribution in [2.45, 2.75) is 27.1 Å². The minimum Gasteiger partial charge on any atom is -0.366 e. The van der Waals surface area contributed by atoms with Crippen molar-refractivity contribution in [3.63, 3.8) is 0 Å². The van der Waals surface area contributed by atoms with E-state index in [2.05, 4.69) is 4.84 Å². The first-order valence-electron chi connectivity index (χ1n) is 3.11. The summed E-state index contributed by atoms with van der Waals surface area (Å²) in [5, 5.41) is 9.16. The largest absolute Gasteiger partial charge is 0.366 e. The molecule has 0 saturated carbocycles. The zero-order valence-electron chi connectivity index (χ0n) is 6.70. The molecular formula is C6H11NO4. The van der Waals surface area contributed by atoms with Crippen molar-refractivity contribution in [1.82, 2.24) is 5.06 Å². The lowest BCUT2D eigenvalue weighted by Crippen LogP contribution is -2.36. The van der Waals surface area contributed by atoms with Crippen molar-refractivity contribution < 1.29 is 19.5 Å². The molecule has 5 nitrogen and oxygen atoms in total. The average molecular weight is 161 g/mol. The first kappa shape index (κ1) is 10.1. The van der Waals surface area contributed by atoms with E-state index in [1.807, 2.05) is 0 Å². The van der Waals surface area contributed by atoms with Crippen LogP contribution in [0.15, 0.2) is 0 Å². The monoisotopic (exact) mass is 161 g/mol. The first-order chi connectivity index (χ1) is 4.95. The lowest BCUT2D eigenvalue weighted by molar-refractivity contribution is -0.242. The van der Waals surface area contributed by atoms with E-state index in [1.165, 1.54) is 20.8 Å². The molecule has 1 atom stereocenters. The number of hydrogen-bond acceptors (Lipinski definition) is 4. The summed E-state index contributed by atoms with van der Waals surface area (Å²) < 4.78 is 0. The van der Waals surface area contributed by atoms with Crippen molar-refractivity contribution >= 4 is 11.8 Å². The average Bonchev–Trinajstić information content (AvgIpc) is 1.81. The number of aliphatic hydroxyl groups excluding tert-OH is 1. The summed E-state index contributed by atoms with van der Waals surface area (Å²) in [6.45, 7) is 3.65. The minimum atomic E-state index is -1.16. The standard InChI is InChI=1S/C6H11NO4/c1-4(8)7(5(2)9)11-6(3)10/h6,10H,1-3H3. The molecule has 0 aromatic carbocycles. The molecule has 0 radical (unpaired) electrons. The zero-order valence-corrected chi connectivity index (χ0v) is 6.70. The summed E-state index contributed by atoms with van der Waals surface area (Å²) in [6.07, 6.45) is -1.16. The highest BCUT2D eigenvalue weighted by Crippen LogP contribution is 1.95. The van der Waals surface area contributed by atoms with Crippen LogP contribution in [0, 0.1) is 0 Å². The second-order valence-corrected chi connectivity index (χ2v) is 2.04. The van der Waals surface area contributed by atoms with E-state index in [4.69, 9.17) is 5.11 Å². The number of imide groups is 1. The van der Waals surface area contributed by atoms with E-state index in [0.717, 1.165) is 0 Å². The fourth-order valence-electron chi connectivity index (χ4n) is 0.523. The van der Waals surface area contributed by atoms with Gasteiger partial charge in [-0.2, -0.15) is 5.06 Å². The lowest BCUT2D eigenvalue weighted by Gasteiger charge is -2.17. The van der Waals surface area contributed by atoms with E-state index < -0.39 is 18.1 Å². The summed E-state index contributed by atoms with van der Waals surface area (Å²) in [7, 11) is 0. The van der Waals surface area contributed by atoms with E-state index in [0.29, 0.717) is 5.06 Å². The maximum atomic E-state index is 10.6. The number of nitrogens with zero attached hydrogens (tertiary/aromatic N) is 1. The van der Waals surface area contributed by atoms with Crippen molar-refractivity contribution in [3.8, 4) is 0 Å². The Morgan fingerprint density at radius 3 is 1.82 bits per heavy atom. The van der Waals surface area contributed by atoms with Gasteiger partial charge >= 0.3 is 0 Å². The third kappa shape index (κ3) is 3.69. The molecule has 2 amide bonds. The molecular weight excluding hydrogens is 150 g/mol. The third-order valence-electron chi connectivity index (χ3n) is 0.830. The number of aliphatic hydroxyl groups is 1. The molecule has 0 aliphatic rings. The predicted octanol–water partition coefficient (Wildman–Crippen LogP) is -0.349. The second kappa shape index (κ2) is 4.05.